The zero-order chi connectivity index (χ0) is 46.4. The molecule has 2 heterocycles. The Balaban J connectivity index is 1.60. The van der Waals surface area contributed by atoms with Gasteiger partial charge in [0.05, 0.1) is 5.56 Å². The number of alkyl halides is 1. The molecule has 1 saturated heterocycles. The predicted molar refractivity (Wildman–Crippen MR) is 232 cm³/mol. The summed E-state index contributed by atoms with van der Waals surface area (Å²) in [4.78, 5) is 87.3. The molecule has 1 aliphatic carbocycles. The average molecular weight is 877 g/mol. The van der Waals surface area contributed by atoms with Crippen molar-refractivity contribution >= 4 is 41.1 Å². The molecule has 1 fully saturated rings. The fourth-order valence-electron chi connectivity index (χ4n) is 6.75. The molecule has 0 saturated carbocycles. The fourth-order valence-corrected chi connectivity index (χ4v) is 6.75. The molecule has 2 aliphatic heterocycles. The van der Waals surface area contributed by atoms with Gasteiger partial charge in [0.25, 0.3) is 5.91 Å². The maximum absolute atomic E-state index is 14.7. The van der Waals surface area contributed by atoms with Gasteiger partial charge in [0.2, 0.25) is 0 Å². The number of carbonyl (C=O) groups is 5. The number of benzene rings is 3. The standard InChI is InChI=1S/C46H57FN4O12/c1-44(2,3)61-41(56)49-19-17-48(18-20-50(42(57)62-45(4,5)6)22-24-51(23-21-49)43(58)63-46(7,8)9)39(54)29-10-13-32(35(26-29)40(55)59-25-16-47)38-33-14-11-30(52)27-36(33)60-37-28-31(53)12-15-34(37)38/h10-15,26-28,52H,16-25H2,1-9H3. The van der Waals surface area contributed by atoms with Crippen LogP contribution in [0.4, 0.5) is 18.8 Å². The number of phenols is 1. The number of hydrogen-bond donors (Lipinski definition) is 1. The Bertz CT molecular complexity index is 2320. The summed E-state index contributed by atoms with van der Waals surface area (Å²) in [6, 6.07) is 12.9. The van der Waals surface area contributed by atoms with Gasteiger partial charge in [-0.1, -0.05) is 6.07 Å². The van der Waals surface area contributed by atoms with E-state index in [0.717, 1.165) is 0 Å². The van der Waals surface area contributed by atoms with Crippen molar-refractivity contribution in [1.82, 2.24) is 19.6 Å². The smallest absolute Gasteiger partial charge is 0.410 e. The topological polar surface area (TPSA) is 186 Å². The minimum absolute atomic E-state index is 0.00194. The summed E-state index contributed by atoms with van der Waals surface area (Å²) in [5.74, 6) is -1.47. The summed E-state index contributed by atoms with van der Waals surface area (Å²) < 4.78 is 41.8. The first kappa shape index (κ1) is 47.7. The molecule has 17 heteroatoms. The number of hydrogen-bond acceptors (Lipinski definition) is 12. The van der Waals surface area contributed by atoms with Crippen molar-refractivity contribution in [2.24, 2.45) is 0 Å². The van der Waals surface area contributed by atoms with Gasteiger partial charge < -0.3 is 48.1 Å². The zero-order valence-electron chi connectivity index (χ0n) is 37.4. The molecule has 0 aromatic heterocycles. The Morgan fingerprint density at radius 2 is 1.11 bits per heavy atom. The van der Waals surface area contributed by atoms with Crippen LogP contribution in [-0.4, -0.2) is 137 Å². The molecule has 1 N–H and O–H groups in total. The van der Waals surface area contributed by atoms with Crippen LogP contribution in [0.3, 0.4) is 0 Å². The molecule has 63 heavy (non-hydrogen) atoms. The lowest BCUT2D eigenvalue weighted by molar-refractivity contribution is 0.00479. The molecule has 2 aromatic rings. The Kier molecular flexibility index (Phi) is 14.6. The largest absolute Gasteiger partial charge is 0.508 e. The molecule has 16 nitrogen and oxygen atoms in total. The molecule has 5 rings (SSSR count). The van der Waals surface area contributed by atoms with E-state index in [4.69, 9.17) is 23.4 Å². The van der Waals surface area contributed by atoms with Gasteiger partial charge in [0.15, 0.2) is 5.43 Å². The summed E-state index contributed by atoms with van der Waals surface area (Å²) in [6.07, 6.45) is -2.01. The second kappa shape index (κ2) is 19.3. The number of phenolic OH excluding ortho intramolecular Hbond substituents is 1. The van der Waals surface area contributed by atoms with Crippen LogP contribution in [-0.2, 0) is 18.9 Å². The third-order valence-corrected chi connectivity index (χ3v) is 9.54. The molecule has 4 amide bonds. The molecule has 340 valence electrons. The van der Waals surface area contributed by atoms with Crippen molar-refractivity contribution in [2.45, 2.75) is 79.1 Å². The second-order valence-electron chi connectivity index (χ2n) is 18.1. The Hall–Kier alpha value is -6.39. The van der Waals surface area contributed by atoms with Gasteiger partial charge in [-0.15, -0.1) is 0 Å². The van der Waals surface area contributed by atoms with Crippen LogP contribution in [0.15, 0.2) is 63.8 Å². The first-order valence-electron chi connectivity index (χ1n) is 20.7. The van der Waals surface area contributed by atoms with Crippen molar-refractivity contribution in [3.05, 3.63) is 75.9 Å². The van der Waals surface area contributed by atoms with E-state index >= 15 is 0 Å². The average Bonchev–Trinajstić information content (AvgIpc) is 3.16. The maximum Gasteiger partial charge on any atom is 0.410 e. The number of fused-ring (bicyclic) bond motifs is 2. The number of rotatable bonds is 5. The molecular weight excluding hydrogens is 820 g/mol. The highest BCUT2D eigenvalue weighted by atomic mass is 19.1. The number of amides is 4. The van der Waals surface area contributed by atoms with Gasteiger partial charge in [-0.2, -0.15) is 0 Å². The molecule has 0 bridgehead atoms. The van der Waals surface area contributed by atoms with Gasteiger partial charge in [-0.05, 0) is 104 Å². The Morgan fingerprint density at radius 3 is 1.59 bits per heavy atom. The zero-order valence-corrected chi connectivity index (χ0v) is 37.4. The van der Waals surface area contributed by atoms with E-state index in [2.05, 4.69) is 0 Å². The minimum atomic E-state index is -0.965. The van der Waals surface area contributed by atoms with Gasteiger partial charge in [-0.3, -0.25) is 9.59 Å². The molecular formula is C46H57FN4O12. The van der Waals surface area contributed by atoms with E-state index in [9.17, 15) is 38.3 Å². The third kappa shape index (κ3) is 12.8. The first-order valence-corrected chi connectivity index (χ1v) is 20.7. The monoisotopic (exact) mass is 876 g/mol. The van der Waals surface area contributed by atoms with Crippen LogP contribution >= 0.6 is 0 Å². The molecule has 3 aliphatic rings. The lowest BCUT2D eigenvalue weighted by atomic mass is 9.89. The second-order valence-corrected chi connectivity index (χ2v) is 18.1. The molecule has 0 spiro atoms. The number of esters is 1. The number of aromatic hydroxyl groups is 1. The molecule has 0 radical (unpaired) electrons. The first-order chi connectivity index (χ1) is 29.4. The van der Waals surface area contributed by atoms with Crippen LogP contribution in [0.1, 0.15) is 83.0 Å². The summed E-state index contributed by atoms with van der Waals surface area (Å²) >= 11 is 0. The van der Waals surface area contributed by atoms with Crippen molar-refractivity contribution in [1.29, 1.82) is 0 Å². The van der Waals surface area contributed by atoms with Crippen LogP contribution in [0.2, 0.25) is 0 Å². The van der Waals surface area contributed by atoms with Crippen molar-refractivity contribution in [3.63, 3.8) is 0 Å². The summed E-state index contributed by atoms with van der Waals surface area (Å²) in [5.41, 5.74) is -1.68. The normalized spacial score (nSPS) is 14.8. The molecule has 2 aromatic carbocycles. The van der Waals surface area contributed by atoms with Crippen LogP contribution in [0.25, 0.3) is 33.4 Å². The fraction of sp³-hybridized carbons (Fsp3) is 0.478. The molecule has 0 unspecified atom stereocenters. The lowest BCUT2D eigenvalue weighted by Crippen LogP contribution is -2.52. The highest BCUT2D eigenvalue weighted by Crippen LogP contribution is 2.42. The van der Waals surface area contributed by atoms with Crippen LogP contribution in [0, 0.1) is 0 Å². The van der Waals surface area contributed by atoms with E-state index in [-0.39, 0.29) is 91.6 Å². The molecule has 0 atom stereocenters. The van der Waals surface area contributed by atoms with E-state index in [1.807, 2.05) is 0 Å². The van der Waals surface area contributed by atoms with E-state index in [0.29, 0.717) is 16.5 Å². The summed E-state index contributed by atoms with van der Waals surface area (Å²) in [5, 5.41) is 10.7. The van der Waals surface area contributed by atoms with Crippen molar-refractivity contribution < 1.29 is 56.8 Å². The predicted octanol–water partition coefficient (Wildman–Crippen LogP) is 7.56. The summed E-state index contributed by atoms with van der Waals surface area (Å²) in [7, 11) is 0. The van der Waals surface area contributed by atoms with Gasteiger partial charge in [-0.25, -0.2) is 23.6 Å². The SMILES string of the molecule is CC(C)(C)OC(=O)N1CCN(C(=O)OC(C)(C)C)CCN(C(=O)c2ccc(-c3c4ccc(=O)cc-4oc4cc(O)ccc34)c(C(=O)OCCF)c2)CCN(C(=O)OC(C)(C)C)CC1. The maximum atomic E-state index is 14.7. The highest BCUT2D eigenvalue weighted by molar-refractivity contribution is 6.09. The van der Waals surface area contributed by atoms with E-state index in [1.165, 1.54) is 68.1 Å². The minimum Gasteiger partial charge on any atom is -0.508 e. The quantitative estimate of drug-likeness (QED) is 0.118. The Morgan fingerprint density at radius 1 is 0.635 bits per heavy atom. The van der Waals surface area contributed by atoms with Crippen LogP contribution in [0.5, 0.6) is 5.75 Å². The number of carbonyl (C=O) groups excluding carboxylic acids is 5. The van der Waals surface area contributed by atoms with E-state index in [1.54, 1.807) is 68.4 Å². The number of ether oxygens (including phenoxy) is 4. The van der Waals surface area contributed by atoms with Crippen molar-refractivity contribution in [3.8, 4) is 28.2 Å². The summed E-state index contributed by atoms with van der Waals surface area (Å²) in [6.45, 7) is 13.7. The third-order valence-electron chi connectivity index (χ3n) is 9.54. The van der Waals surface area contributed by atoms with Gasteiger partial charge >= 0.3 is 24.2 Å². The number of nitrogens with zero attached hydrogens (tertiary/aromatic N) is 4. The van der Waals surface area contributed by atoms with E-state index < -0.39 is 60.2 Å². The Labute approximate surface area is 365 Å². The van der Waals surface area contributed by atoms with Crippen molar-refractivity contribution in [2.75, 3.05) is 65.6 Å². The highest BCUT2D eigenvalue weighted by Gasteiger charge is 2.32. The van der Waals surface area contributed by atoms with Crippen LogP contribution < -0.4 is 5.43 Å². The number of halogens is 1. The lowest BCUT2D eigenvalue weighted by Gasteiger charge is -2.36. The van der Waals surface area contributed by atoms with Gasteiger partial charge in [0.1, 0.15) is 47.2 Å². The van der Waals surface area contributed by atoms with Gasteiger partial charge in [0, 0.05) is 86.6 Å².